The SMILES string of the molecule is NC(=O)c1cccc2c1c1ccc(-c3cccs3)cc1n2Cc1ccc(Cl)c(Cl)c1. The van der Waals surface area contributed by atoms with Gasteiger partial charge in [-0.15, -0.1) is 11.3 Å². The average molecular weight is 451 g/mol. The van der Waals surface area contributed by atoms with E-state index in [1.165, 1.54) is 4.88 Å². The second-order valence-electron chi connectivity index (χ2n) is 7.11. The van der Waals surface area contributed by atoms with Gasteiger partial charge in [0.15, 0.2) is 0 Å². The predicted molar refractivity (Wildman–Crippen MR) is 127 cm³/mol. The van der Waals surface area contributed by atoms with Gasteiger partial charge in [-0.1, -0.05) is 53.5 Å². The van der Waals surface area contributed by atoms with Crippen molar-refractivity contribution in [3.05, 3.63) is 93.3 Å². The molecule has 2 heterocycles. The highest BCUT2D eigenvalue weighted by atomic mass is 35.5. The van der Waals surface area contributed by atoms with Gasteiger partial charge in [0.25, 0.3) is 0 Å². The molecule has 0 atom stereocenters. The number of hydrogen-bond acceptors (Lipinski definition) is 2. The summed E-state index contributed by atoms with van der Waals surface area (Å²) in [6, 6.07) is 21.8. The monoisotopic (exact) mass is 450 g/mol. The zero-order valence-corrected chi connectivity index (χ0v) is 18.1. The molecule has 3 nitrogen and oxygen atoms in total. The highest BCUT2D eigenvalue weighted by molar-refractivity contribution is 7.13. The van der Waals surface area contributed by atoms with Gasteiger partial charge in [0.05, 0.1) is 21.1 Å². The van der Waals surface area contributed by atoms with Gasteiger partial charge in [-0.05, 0) is 52.9 Å². The molecule has 0 fully saturated rings. The number of primary amides is 1. The van der Waals surface area contributed by atoms with Crippen LogP contribution in [0.3, 0.4) is 0 Å². The second kappa shape index (κ2) is 7.47. The van der Waals surface area contributed by atoms with E-state index in [1.54, 1.807) is 23.5 Å². The third kappa shape index (κ3) is 3.18. The number of halogens is 2. The summed E-state index contributed by atoms with van der Waals surface area (Å²) in [5.74, 6) is -0.434. The lowest BCUT2D eigenvalue weighted by atomic mass is 10.0. The van der Waals surface area contributed by atoms with Gasteiger partial charge in [0.1, 0.15) is 0 Å². The molecule has 5 aromatic rings. The zero-order chi connectivity index (χ0) is 20.8. The van der Waals surface area contributed by atoms with Gasteiger partial charge in [-0.2, -0.15) is 0 Å². The first-order chi connectivity index (χ1) is 14.5. The Morgan fingerprint density at radius 2 is 1.80 bits per heavy atom. The summed E-state index contributed by atoms with van der Waals surface area (Å²) in [6.45, 7) is 0.590. The molecule has 0 bridgehead atoms. The van der Waals surface area contributed by atoms with Crippen LogP contribution in [0.4, 0.5) is 0 Å². The molecule has 0 aliphatic rings. The van der Waals surface area contributed by atoms with Gasteiger partial charge in [-0.3, -0.25) is 4.79 Å². The Morgan fingerprint density at radius 1 is 0.933 bits per heavy atom. The molecule has 1 amide bonds. The number of carbonyl (C=O) groups is 1. The Labute approximate surface area is 187 Å². The van der Waals surface area contributed by atoms with Crippen LogP contribution in [0.1, 0.15) is 15.9 Å². The first kappa shape index (κ1) is 19.2. The van der Waals surface area contributed by atoms with Crippen LogP contribution >= 0.6 is 34.5 Å². The zero-order valence-electron chi connectivity index (χ0n) is 15.7. The second-order valence-corrected chi connectivity index (χ2v) is 8.87. The lowest BCUT2D eigenvalue weighted by Gasteiger charge is -2.10. The first-order valence-electron chi connectivity index (χ1n) is 9.35. The minimum atomic E-state index is -0.434. The molecule has 30 heavy (non-hydrogen) atoms. The van der Waals surface area contributed by atoms with E-state index in [2.05, 4.69) is 34.2 Å². The number of nitrogens with two attached hydrogens (primary N) is 1. The van der Waals surface area contributed by atoms with Crippen molar-refractivity contribution >= 4 is 62.3 Å². The highest BCUT2D eigenvalue weighted by Crippen LogP contribution is 2.36. The van der Waals surface area contributed by atoms with Crippen LogP contribution in [0, 0.1) is 0 Å². The van der Waals surface area contributed by atoms with E-state index in [0.717, 1.165) is 32.9 Å². The number of hydrogen-bond donors (Lipinski definition) is 1. The minimum absolute atomic E-state index is 0.434. The van der Waals surface area contributed by atoms with Crippen molar-refractivity contribution < 1.29 is 4.79 Å². The van der Waals surface area contributed by atoms with Crippen LogP contribution in [0.5, 0.6) is 0 Å². The number of rotatable bonds is 4. The van der Waals surface area contributed by atoms with Crippen molar-refractivity contribution in [2.24, 2.45) is 5.73 Å². The summed E-state index contributed by atoms with van der Waals surface area (Å²) in [5.41, 5.74) is 10.4. The van der Waals surface area contributed by atoms with E-state index >= 15 is 0 Å². The quantitative estimate of drug-likeness (QED) is 0.315. The molecule has 6 heteroatoms. The fraction of sp³-hybridized carbons (Fsp3) is 0.0417. The third-order valence-corrected chi connectivity index (χ3v) is 6.94. The summed E-state index contributed by atoms with van der Waals surface area (Å²) in [6.07, 6.45) is 0. The maximum Gasteiger partial charge on any atom is 0.249 e. The number of aromatic nitrogens is 1. The Hall–Kier alpha value is -2.79. The predicted octanol–water partition coefficient (Wildman–Crippen LogP) is 6.98. The van der Waals surface area contributed by atoms with E-state index in [1.807, 2.05) is 30.3 Å². The molecule has 0 saturated carbocycles. The maximum absolute atomic E-state index is 12.1. The van der Waals surface area contributed by atoms with Crippen LogP contribution in [0.15, 0.2) is 72.1 Å². The molecular weight excluding hydrogens is 435 g/mol. The third-order valence-electron chi connectivity index (χ3n) is 5.29. The number of carbonyl (C=O) groups excluding carboxylic acids is 1. The van der Waals surface area contributed by atoms with Crippen molar-refractivity contribution in [2.45, 2.75) is 6.54 Å². The molecule has 5 rings (SSSR count). The van der Waals surface area contributed by atoms with Crippen molar-refractivity contribution in [2.75, 3.05) is 0 Å². The Balaban J connectivity index is 1.80. The topological polar surface area (TPSA) is 48.0 Å². The lowest BCUT2D eigenvalue weighted by Crippen LogP contribution is -2.11. The first-order valence-corrected chi connectivity index (χ1v) is 11.0. The number of fused-ring (bicyclic) bond motifs is 3. The summed E-state index contributed by atoms with van der Waals surface area (Å²) < 4.78 is 2.20. The molecule has 0 spiro atoms. The Kier molecular flexibility index (Phi) is 4.78. The van der Waals surface area contributed by atoms with Gasteiger partial charge in [0.2, 0.25) is 5.91 Å². The number of benzene rings is 3. The van der Waals surface area contributed by atoms with E-state index in [4.69, 9.17) is 28.9 Å². The lowest BCUT2D eigenvalue weighted by molar-refractivity contribution is 0.100. The number of thiophene rings is 1. The molecule has 0 unspecified atom stereocenters. The van der Waals surface area contributed by atoms with Crippen molar-refractivity contribution in [1.82, 2.24) is 4.57 Å². The van der Waals surface area contributed by atoms with Crippen LogP contribution in [0.2, 0.25) is 10.0 Å². The summed E-state index contributed by atoms with van der Waals surface area (Å²) in [4.78, 5) is 13.3. The van der Waals surface area contributed by atoms with E-state index in [0.29, 0.717) is 22.2 Å². The molecule has 2 aromatic heterocycles. The van der Waals surface area contributed by atoms with Gasteiger partial charge >= 0.3 is 0 Å². The average Bonchev–Trinajstić information content (AvgIpc) is 3.38. The summed E-state index contributed by atoms with van der Waals surface area (Å²) >= 11 is 14.0. The molecule has 0 radical (unpaired) electrons. The van der Waals surface area contributed by atoms with Gasteiger partial charge in [-0.25, -0.2) is 0 Å². The molecule has 0 aliphatic carbocycles. The van der Waals surface area contributed by atoms with Crippen molar-refractivity contribution in [3.8, 4) is 10.4 Å². The molecule has 148 valence electrons. The standard InChI is InChI=1S/C24H16Cl2N2OS/c25-18-9-6-14(11-19(18)26)13-28-20-4-1-3-17(24(27)29)23(20)16-8-7-15(12-21(16)28)22-5-2-10-30-22/h1-12H,13H2,(H2,27,29). The minimum Gasteiger partial charge on any atom is -0.366 e. The van der Waals surface area contributed by atoms with E-state index in [9.17, 15) is 4.79 Å². The fourth-order valence-corrected chi connectivity index (χ4v) is 4.98. The van der Waals surface area contributed by atoms with Gasteiger partial charge in [0, 0.05) is 27.8 Å². The molecule has 3 aromatic carbocycles. The highest BCUT2D eigenvalue weighted by Gasteiger charge is 2.17. The Morgan fingerprint density at radius 3 is 2.53 bits per heavy atom. The normalized spacial score (nSPS) is 11.4. The van der Waals surface area contributed by atoms with E-state index in [-0.39, 0.29) is 0 Å². The van der Waals surface area contributed by atoms with Crippen molar-refractivity contribution in [3.63, 3.8) is 0 Å². The summed E-state index contributed by atoms with van der Waals surface area (Å²) in [5, 5.41) is 4.99. The molecular formula is C24H16Cl2N2OS. The van der Waals surface area contributed by atoms with Crippen LogP contribution in [-0.4, -0.2) is 10.5 Å². The molecule has 0 aliphatic heterocycles. The smallest absolute Gasteiger partial charge is 0.249 e. The maximum atomic E-state index is 12.1. The Bertz CT molecular complexity index is 1420. The van der Waals surface area contributed by atoms with Crippen LogP contribution in [0.25, 0.3) is 32.2 Å². The van der Waals surface area contributed by atoms with Crippen LogP contribution in [-0.2, 0) is 6.54 Å². The largest absolute Gasteiger partial charge is 0.366 e. The van der Waals surface area contributed by atoms with Gasteiger partial charge < -0.3 is 10.3 Å². The summed E-state index contributed by atoms with van der Waals surface area (Å²) in [7, 11) is 0. The van der Waals surface area contributed by atoms with Crippen molar-refractivity contribution in [1.29, 1.82) is 0 Å². The van der Waals surface area contributed by atoms with Crippen LogP contribution < -0.4 is 5.73 Å². The number of nitrogens with zero attached hydrogens (tertiary/aromatic N) is 1. The fourth-order valence-electron chi connectivity index (χ4n) is 3.94. The number of amides is 1. The van der Waals surface area contributed by atoms with E-state index < -0.39 is 5.91 Å². The molecule has 0 saturated heterocycles. The molecule has 2 N–H and O–H groups in total.